The largest absolute Gasteiger partial charge is 0.355 e. The number of halogens is 2. The third-order valence-corrected chi connectivity index (χ3v) is 5.94. The number of anilines is 3. The summed E-state index contributed by atoms with van der Waals surface area (Å²) in [6, 6.07) is 13.1. The van der Waals surface area contributed by atoms with Crippen LogP contribution in [0.3, 0.4) is 0 Å². The number of aromatic nitrogens is 2. The third-order valence-electron chi connectivity index (χ3n) is 5.69. The molecular weight excluding hydrogens is 445 g/mol. The molecule has 0 bridgehead atoms. The van der Waals surface area contributed by atoms with E-state index in [1.165, 1.54) is 19.1 Å². The Hall–Kier alpha value is -3.39. The van der Waals surface area contributed by atoms with Crippen molar-refractivity contribution in [3.05, 3.63) is 65.1 Å². The Labute approximate surface area is 196 Å². The van der Waals surface area contributed by atoms with E-state index in [1.807, 2.05) is 19.1 Å². The minimum atomic E-state index is -0.344. The van der Waals surface area contributed by atoms with E-state index in [2.05, 4.69) is 20.6 Å². The maximum atomic E-state index is 13.1. The van der Waals surface area contributed by atoms with Crippen LogP contribution in [0.15, 0.2) is 48.5 Å². The van der Waals surface area contributed by atoms with Crippen molar-refractivity contribution in [2.75, 3.05) is 28.6 Å². The number of aryl methyl sites for hydroxylation is 1. The summed E-state index contributed by atoms with van der Waals surface area (Å²) < 4.78 is 14.9. The zero-order chi connectivity index (χ0) is 23.5. The fraction of sp³-hybridized carbons (Fsp3) is 0.292. The van der Waals surface area contributed by atoms with Crippen LogP contribution < -0.4 is 15.5 Å². The van der Waals surface area contributed by atoms with Crippen molar-refractivity contribution < 1.29 is 14.0 Å². The molecule has 33 heavy (non-hydrogen) atoms. The molecule has 2 aromatic carbocycles. The number of nitrogens with one attached hydrogen (secondary N) is 2. The summed E-state index contributed by atoms with van der Waals surface area (Å²) in [5.41, 5.74) is 2.76. The van der Waals surface area contributed by atoms with Gasteiger partial charge in [0.2, 0.25) is 11.8 Å². The molecule has 0 radical (unpaired) electrons. The molecule has 172 valence electrons. The maximum Gasteiger partial charge on any atom is 0.227 e. The molecule has 0 saturated carbocycles. The first-order valence-electron chi connectivity index (χ1n) is 10.8. The number of piperidine rings is 1. The van der Waals surface area contributed by atoms with Gasteiger partial charge in [0.15, 0.2) is 5.82 Å². The van der Waals surface area contributed by atoms with Crippen LogP contribution >= 0.6 is 11.6 Å². The summed E-state index contributed by atoms with van der Waals surface area (Å²) in [5.74, 6) is 0.0177. The average Bonchev–Trinajstić information content (AvgIpc) is 3.11. The molecule has 2 N–H and O–H groups in total. The SMILES string of the molecule is CC(=O)Nc1c(C)nn(-c2ccc(Cl)cc2)c1N1CCC(C(=O)Nc2ccc(F)cc2)CC1. The van der Waals surface area contributed by atoms with Crippen molar-refractivity contribution in [1.82, 2.24) is 9.78 Å². The second-order valence-electron chi connectivity index (χ2n) is 8.11. The summed E-state index contributed by atoms with van der Waals surface area (Å²) in [6.45, 7) is 4.55. The normalized spacial score (nSPS) is 14.2. The standard InChI is InChI=1S/C24H25ClFN5O2/c1-15-22(27-16(2)32)24(31(29-15)21-9-3-18(25)4-10-21)30-13-11-17(12-14-30)23(33)28-20-7-5-19(26)6-8-20/h3-10,17H,11-14H2,1-2H3,(H,27,32)(H,28,33). The van der Waals surface area contributed by atoms with Gasteiger partial charge in [-0.05, 0) is 68.3 Å². The number of carbonyl (C=O) groups excluding carboxylic acids is 2. The molecule has 1 saturated heterocycles. The van der Waals surface area contributed by atoms with Crippen LogP contribution in [0.25, 0.3) is 5.69 Å². The molecule has 0 aliphatic carbocycles. The zero-order valence-corrected chi connectivity index (χ0v) is 19.2. The van der Waals surface area contributed by atoms with Crippen molar-refractivity contribution in [2.45, 2.75) is 26.7 Å². The van der Waals surface area contributed by atoms with E-state index in [0.717, 1.165) is 11.5 Å². The first kappa shape index (κ1) is 22.8. The lowest BCUT2D eigenvalue weighted by molar-refractivity contribution is -0.120. The maximum absolute atomic E-state index is 13.1. The van der Waals surface area contributed by atoms with Gasteiger partial charge in [-0.3, -0.25) is 9.59 Å². The highest BCUT2D eigenvalue weighted by Gasteiger charge is 2.30. The number of amides is 2. The number of nitrogens with zero attached hydrogens (tertiary/aromatic N) is 3. The fourth-order valence-corrected chi connectivity index (χ4v) is 4.15. The van der Waals surface area contributed by atoms with Gasteiger partial charge in [-0.15, -0.1) is 0 Å². The van der Waals surface area contributed by atoms with Crippen LogP contribution in [0.5, 0.6) is 0 Å². The van der Waals surface area contributed by atoms with E-state index in [4.69, 9.17) is 11.6 Å². The third kappa shape index (κ3) is 5.17. The van der Waals surface area contributed by atoms with Gasteiger partial charge in [-0.2, -0.15) is 5.10 Å². The lowest BCUT2D eigenvalue weighted by Crippen LogP contribution is -2.39. The molecule has 0 unspecified atom stereocenters. The quantitative estimate of drug-likeness (QED) is 0.563. The molecule has 0 atom stereocenters. The Kier molecular flexibility index (Phi) is 6.65. The molecular formula is C24H25ClFN5O2. The Bertz CT molecular complexity index is 1150. The molecule has 4 rings (SSSR count). The summed E-state index contributed by atoms with van der Waals surface area (Å²) in [6.07, 6.45) is 1.27. The highest BCUT2D eigenvalue weighted by molar-refractivity contribution is 6.30. The van der Waals surface area contributed by atoms with Crippen molar-refractivity contribution >= 4 is 40.6 Å². The van der Waals surface area contributed by atoms with E-state index in [0.29, 0.717) is 48.0 Å². The molecule has 1 fully saturated rings. The van der Waals surface area contributed by atoms with Crippen LogP contribution in [-0.2, 0) is 9.59 Å². The minimum Gasteiger partial charge on any atom is -0.355 e. The second-order valence-corrected chi connectivity index (χ2v) is 8.55. The number of carbonyl (C=O) groups is 2. The monoisotopic (exact) mass is 469 g/mol. The summed E-state index contributed by atoms with van der Waals surface area (Å²) >= 11 is 6.05. The lowest BCUT2D eigenvalue weighted by atomic mass is 9.95. The number of hydrogen-bond donors (Lipinski definition) is 2. The van der Waals surface area contributed by atoms with Gasteiger partial charge in [0.25, 0.3) is 0 Å². The molecule has 1 aliphatic rings. The molecule has 9 heteroatoms. The van der Waals surface area contributed by atoms with Crippen molar-refractivity contribution in [2.24, 2.45) is 5.92 Å². The average molecular weight is 470 g/mol. The van der Waals surface area contributed by atoms with E-state index in [9.17, 15) is 14.0 Å². The van der Waals surface area contributed by atoms with Crippen LogP contribution in [0.1, 0.15) is 25.5 Å². The highest BCUT2D eigenvalue weighted by Crippen LogP contribution is 2.35. The van der Waals surface area contributed by atoms with Gasteiger partial charge in [0.1, 0.15) is 11.5 Å². The molecule has 2 heterocycles. The van der Waals surface area contributed by atoms with Gasteiger partial charge < -0.3 is 15.5 Å². The van der Waals surface area contributed by atoms with Gasteiger partial charge in [0.05, 0.1) is 11.4 Å². The second kappa shape index (κ2) is 9.62. The number of benzene rings is 2. The van der Waals surface area contributed by atoms with E-state index < -0.39 is 0 Å². The molecule has 3 aromatic rings. The summed E-state index contributed by atoms with van der Waals surface area (Å²) in [5, 5.41) is 11.1. The van der Waals surface area contributed by atoms with E-state index >= 15 is 0 Å². The van der Waals surface area contributed by atoms with Crippen LogP contribution in [0.2, 0.25) is 5.02 Å². The molecule has 2 amide bonds. The Morgan fingerprint density at radius 3 is 2.27 bits per heavy atom. The van der Waals surface area contributed by atoms with Crippen molar-refractivity contribution in [3.63, 3.8) is 0 Å². The van der Waals surface area contributed by atoms with E-state index in [1.54, 1.807) is 28.9 Å². The Morgan fingerprint density at radius 2 is 1.67 bits per heavy atom. The minimum absolute atomic E-state index is 0.0780. The molecule has 0 spiro atoms. The van der Waals surface area contributed by atoms with Gasteiger partial charge in [-0.25, -0.2) is 9.07 Å². The first-order valence-corrected chi connectivity index (χ1v) is 11.1. The van der Waals surface area contributed by atoms with Gasteiger partial charge in [-0.1, -0.05) is 11.6 Å². The molecule has 1 aromatic heterocycles. The fourth-order valence-electron chi connectivity index (χ4n) is 4.02. The van der Waals surface area contributed by atoms with Crippen LogP contribution in [-0.4, -0.2) is 34.7 Å². The van der Waals surface area contributed by atoms with E-state index in [-0.39, 0.29) is 23.5 Å². The Morgan fingerprint density at radius 1 is 1.03 bits per heavy atom. The van der Waals surface area contributed by atoms with Crippen LogP contribution in [0, 0.1) is 18.7 Å². The van der Waals surface area contributed by atoms with Gasteiger partial charge >= 0.3 is 0 Å². The van der Waals surface area contributed by atoms with Crippen LogP contribution in [0.4, 0.5) is 21.6 Å². The van der Waals surface area contributed by atoms with Crippen molar-refractivity contribution in [3.8, 4) is 5.69 Å². The smallest absolute Gasteiger partial charge is 0.227 e. The predicted octanol–water partition coefficient (Wildman–Crippen LogP) is 4.79. The predicted molar refractivity (Wildman–Crippen MR) is 128 cm³/mol. The molecule has 1 aliphatic heterocycles. The summed E-state index contributed by atoms with van der Waals surface area (Å²) in [7, 11) is 0. The topological polar surface area (TPSA) is 79.3 Å². The zero-order valence-electron chi connectivity index (χ0n) is 18.4. The Balaban J connectivity index is 1.54. The number of hydrogen-bond acceptors (Lipinski definition) is 4. The highest BCUT2D eigenvalue weighted by atomic mass is 35.5. The first-order chi connectivity index (χ1) is 15.8. The molecule has 7 nitrogen and oxygen atoms in total. The van der Waals surface area contributed by atoms with Crippen molar-refractivity contribution in [1.29, 1.82) is 0 Å². The number of rotatable bonds is 5. The summed E-state index contributed by atoms with van der Waals surface area (Å²) in [4.78, 5) is 26.7. The lowest BCUT2D eigenvalue weighted by Gasteiger charge is -2.33. The van der Waals surface area contributed by atoms with Gasteiger partial charge in [0, 0.05) is 36.6 Å².